The smallest absolute Gasteiger partial charge is 0.270 e. The number of hydrogen-bond acceptors (Lipinski definition) is 5. The van der Waals surface area contributed by atoms with Gasteiger partial charge in [-0.2, -0.15) is 0 Å². The third-order valence-electron chi connectivity index (χ3n) is 3.80. The molecule has 1 aliphatic rings. The molecule has 2 aromatic carbocycles. The van der Waals surface area contributed by atoms with E-state index in [1.165, 1.54) is 24.3 Å². The SMILES string of the molecule is CCN1C(=O)COc2ccc(NC(=O)c3cccc([N+](=O)[O-])c3)cc21. The lowest BCUT2D eigenvalue weighted by Gasteiger charge is -2.28. The molecule has 0 aliphatic carbocycles. The van der Waals surface area contributed by atoms with Gasteiger partial charge in [0.05, 0.1) is 10.6 Å². The van der Waals surface area contributed by atoms with Gasteiger partial charge in [0, 0.05) is 29.9 Å². The van der Waals surface area contributed by atoms with Crippen molar-refractivity contribution in [3.05, 3.63) is 58.1 Å². The molecule has 1 aliphatic heterocycles. The Labute approximate surface area is 143 Å². The van der Waals surface area contributed by atoms with E-state index in [-0.39, 0.29) is 23.8 Å². The van der Waals surface area contributed by atoms with Crippen molar-refractivity contribution in [1.82, 2.24) is 0 Å². The number of fused-ring (bicyclic) bond motifs is 1. The van der Waals surface area contributed by atoms with Crippen molar-refractivity contribution >= 4 is 28.9 Å². The highest BCUT2D eigenvalue weighted by Gasteiger charge is 2.24. The van der Waals surface area contributed by atoms with Gasteiger partial charge in [-0.1, -0.05) is 6.07 Å². The van der Waals surface area contributed by atoms with Gasteiger partial charge in [-0.05, 0) is 31.2 Å². The molecule has 0 aromatic heterocycles. The summed E-state index contributed by atoms with van der Waals surface area (Å²) in [7, 11) is 0. The lowest BCUT2D eigenvalue weighted by molar-refractivity contribution is -0.384. The standard InChI is InChI=1S/C17H15N3O5/c1-2-19-14-9-12(6-7-15(14)25-10-16(19)21)18-17(22)11-4-3-5-13(8-11)20(23)24/h3-9H,2,10H2,1H3,(H,18,22). The summed E-state index contributed by atoms with van der Waals surface area (Å²) in [4.78, 5) is 36.1. The number of nitro groups is 1. The van der Waals surface area contributed by atoms with E-state index in [2.05, 4.69) is 5.32 Å². The Balaban J connectivity index is 1.85. The minimum Gasteiger partial charge on any atom is -0.482 e. The molecule has 1 N–H and O–H groups in total. The lowest BCUT2D eigenvalue weighted by Crippen LogP contribution is -2.38. The van der Waals surface area contributed by atoms with Crippen molar-refractivity contribution < 1.29 is 19.2 Å². The first-order valence-electron chi connectivity index (χ1n) is 7.62. The number of anilines is 2. The van der Waals surface area contributed by atoms with E-state index in [0.717, 1.165) is 0 Å². The number of ether oxygens (including phenoxy) is 1. The van der Waals surface area contributed by atoms with E-state index in [4.69, 9.17) is 4.74 Å². The maximum Gasteiger partial charge on any atom is 0.270 e. The minimum absolute atomic E-state index is 0.0137. The molecule has 3 rings (SSSR count). The van der Waals surface area contributed by atoms with Crippen molar-refractivity contribution in [1.29, 1.82) is 0 Å². The predicted molar refractivity (Wildman–Crippen MR) is 91.0 cm³/mol. The molecule has 0 fully saturated rings. The van der Waals surface area contributed by atoms with Gasteiger partial charge in [-0.3, -0.25) is 19.7 Å². The fourth-order valence-corrected chi connectivity index (χ4v) is 2.59. The summed E-state index contributed by atoms with van der Waals surface area (Å²) in [6.45, 7) is 2.32. The number of amides is 2. The van der Waals surface area contributed by atoms with Crippen LogP contribution in [0.4, 0.5) is 17.1 Å². The zero-order valence-electron chi connectivity index (χ0n) is 13.4. The van der Waals surface area contributed by atoms with Crippen LogP contribution in [0.2, 0.25) is 0 Å². The second kappa shape index (κ2) is 6.60. The number of rotatable bonds is 4. The monoisotopic (exact) mass is 341 g/mol. The maximum atomic E-state index is 12.3. The molecule has 128 valence electrons. The van der Waals surface area contributed by atoms with Gasteiger partial charge in [0.15, 0.2) is 6.61 Å². The molecule has 0 bridgehead atoms. The van der Waals surface area contributed by atoms with Gasteiger partial charge in [0.2, 0.25) is 0 Å². The van der Waals surface area contributed by atoms with Crippen LogP contribution in [0.25, 0.3) is 0 Å². The molecule has 0 saturated carbocycles. The van der Waals surface area contributed by atoms with E-state index in [1.807, 2.05) is 6.92 Å². The molecule has 25 heavy (non-hydrogen) atoms. The van der Waals surface area contributed by atoms with Gasteiger partial charge in [-0.25, -0.2) is 0 Å². The van der Waals surface area contributed by atoms with Crippen molar-refractivity contribution in [2.45, 2.75) is 6.92 Å². The zero-order valence-corrected chi connectivity index (χ0v) is 13.4. The van der Waals surface area contributed by atoms with E-state index in [1.54, 1.807) is 23.1 Å². The van der Waals surface area contributed by atoms with Crippen molar-refractivity contribution in [2.75, 3.05) is 23.4 Å². The summed E-state index contributed by atoms with van der Waals surface area (Å²) in [5, 5.41) is 13.5. The largest absolute Gasteiger partial charge is 0.482 e. The first-order valence-corrected chi connectivity index (χ1v) is 7.62. The maximum absolute atomic E-state index is 12.3. The molecular weight excluding hydrogens is 326 g/mol. The Kier molecular flexibility index (Phi) is 4.34. The van der Waals surface area contributed by atoms with Crippen molar-refractivity contribution in [3.63, 3.8) is 0 Å². The Morgan fingerprint density at radius 3 is 2.84 bits per heavy atom. The normalized spacial score (nSPS) is 13.0. The molecule has 0 atom stereocenters. The molecule has 8 heteroatoms. The Bertz CT molecular complexity index is 865. The van der Waals surface area contributed by atoms with Crippen molar-refractivity contribution in [2.24, 2.45) is 0 Å². The van der Waals surface area contributed by atoms with Crippen LogP contribution in [-0.2, 0) is 4.79 Å². The van der Waals surface area contributed by atoms with Crippen LogP contribution in [-0.4, -0.2) is 29.9 Å². The topological polar surface area (TPSA) is 102 Å². The van der Waals surface area contributed by atoms with Crippen molar-refractivity contribution in [3.8, 4) is 5.75 Å². The third-order valence-corrected chi connectivity index (χ3v) is 3.80. The Morgan fingerprint density at radius 2 is 2.12 bits per heavy atom. The number of benzene rings is 2. The number of likely N-dealkylation sites (N-methyl/N-ethyl adjacent to an activating group) is 1. The molecule has 1 heterocycles. The fraction of sp³-hybridized carbons (Fsp3) is 0.176. The number of non-ortho nitro benzene ring substituents is 1. The van der Waals surface area contributed by atoms with Gasteiger partial charge in [0.25, 0.3) is 17.5 Å². The van der Waals surface area contributed by atoms with E-state index in [0.29, 0.717) is 23.7 Å². The summed E-state index contributed by atoms with van der Waals surface area (Å²) in [5.74, 6) is -0.0679. The first kappa shape index (κ1) is 16.4. The average molecular weight is 341 g/mol. The van der Waals surface area contributed by atoms with Crippen LogP contribution in [0.3, 0.4) is 0 Å². The number of nitrogens with zero attached hydrogens (tertiary/aromatic N) is 2. The van der Waals surface area contributed by atoms with Gasteiger partial charge < -0.3 is 15.0 Å². The molecule has 8 nitrogen and oxygen atoms in total. The van der Waals surface area contributed by atoms with Gasteiger partial charge in [0.1, 0.15) is 5.75 Å². The van der Waals surface area contributed by atoms with E-state index in [9.17, 15) is 19.7 Å². The number of carbonyl (C=O) groups excluding carboxylic acids is 2. The molecule has 0 saturated heterocycles. The molecule has 2 amide bonds. The summed E-state index contributed by atoms with van der Waals surface area (Å²) in [5.41, 5.74) is 1.06. The molecule has 0 spiro atoms. The predicted octanol–water partition coefficient (Wildman–Crippen LogP) is 2.59. The average Bonchev–Trinajstić information content (AvgIpc) is 2.61. The summed E-state index contributed by atoms with van der Waals surface area (Å²) >= 11 is 0. The first-order chi connectivity index (χ1) is 12.0. The zero-order chi connectivity index (χ0) is 18.0. The highest BCUT2D eigenvalue weighted by Crippen LogP contribution is 2.34. The highest BCUT2D eigenvalue weighted by atomic mass is 16.6. The number of carbonyl (C=O) groups is 2. The lowest BCUT2D eigenvalue weighted by atomic mass is 10.1. The molecule has 0 unspecified atom stereocenters. The van der Waals surface area contributed by atoms with Crippen LogP contribution >= 0.6 is 0 Å². The van der Waals surface area contributed by atoms with Crippen LogP contribution in [0.15, 0.2) is 42.5 Å². The van der Waals surface area contributed by atoms with Gasteiger partial charge in [-0.15, -0.1) is 0 Å². The quantitative estimate of drug-likeness (QED) is 0.680. The Hall–Kier alpha value is -3.42. The molecule has 0 radical (unpaired) electrons. The van der Waals surface area contributed by atoms with E-state index >= 15 is 0 Å². The minimum atomic E-state index is -0.558. The fourth-order valence-electron chi connectivity index (χ4n) is 2.59. The van der Waals surface area contributed by atoms with Crippen LogP contribution in [0.5, 0.6) is 5.75 Å². The Morgan fingerprint density at radius 1 is 1.32 bits per heavy atom. The van der Waals surface area contributed by atoms with Crippen LogP contribution < -0.4 is 15.0 Å². The summed E-state index contributed by atoms with van der Waals surface area (Å²) in [6, 6.07) is 10.4. The highest BCUT2D eigenvalue weighted by molar-refractivity contribution is 6.05. The second-order valence-electron chi connectivity index (χ2n) is 5.37. The van der Waals surface area contributed by atoms with E-state index < -0.39 is 10.8 Å². The molecular formula is C17H15N3O5. The number of nitrogens with one attached hydrogen (secondary N) is 1. The number of hydrogen-bond donors (Lipinski definition) is 1. The van der Waals surface area contributed by atoms with Gasteiger partial charge >= 0.3 is 0 Å². The molecule has 2 aromatic rings. The third kappa shape index (κ3) is 3.27. The summed E-state index contributed by atoms with van der Waals surface area (Å²) in [6.07, 6.45) is 0. The van der Waals surface area contributed by atoms with Crippen LogP contribution in [0, 0.1) is 10.1 Å². The number of nitro benzene ring substituents is 1. The second-order valence-corrected chi connectivity index (χ2v) is 5.37. The van der Waals surface area contributed by atoms with Crippen LogP contribution in [0.1, 0.15) is 17.3 Å². The summed E-state index contributed by atoms with van der Waals surface area (Å²) < 4.78 is 5.38.